The molecule has 0 radical (unpaired) electrons. The third-order valence-corrected chi connectivity index (χ3v) is 6.17. The summed E-state index contributed by atoms with van der Waals surface area (Å²) in [4.78, 5) is 0. The molecule has 0 saturated carbocycles. The summed E-state index contributed by atoms with van der Waals surface area (Å²) >= 11 is 3.54. The summed E-state index contributed by atoms with van der Waals surface area (Å²) in [6, 6.07) is 11.1. The van der Waals surface area contributed by atoms with E-state index >= 15 is 0 Å². The molecular formula is C30H29BrO7. The first-order chi connectivity index (χ1) is 18.5. The van der Waals surface area contributed by atoms with E-state index in [2.05, 4.69) is 39.6 Å². The third-order valence-electron chi connectivity index (χ3n) is 5.52. The molecule has 0 N–H and O–H groups in total. The van der Waals surface area contributed by atoms with Gasteiger partial charge in [0.15, 0.2) is 23.0 Å². The Morgan fingerprint density at radius 2 is 0.816 bits per heavy atom. The molecule has 0 aliphatic rings. The maximum Gasteiger partial charge on any atom is 0.203 e. The number of halogens is 1. The first-order valence-electron chi connectivity index (χ1n) is 11.4. The zero-order valence-electron chi connectivity index (χ0n) is 22.4. The van der Waals surface area contributed by atoms with Crippen LogP contribution < -0.4 is 33.2 Å². The van der Waals surface area contributed by atoms with Gasteiger partial charge in [-0.1, -0.05) is 39.6 Å². The first-order valence-corrected chi connectivity index (χ1v) is 12.5. The van der Waals surface area contributed by atoms with E-state index < -0.39 is 0 Å². The van der Waals surface area contributed by atoms with Crippen molar-refractivity contribution in [3.8, 4) is 63.9 Å². The number of hydrogen-bond acceptors (Lipinski definition) is 7. The van der Waals surface area contributed by atoms with E-state index in [9.17, 15) is 0 Å². The Bertz CT molecular complexity index is 1270. The van der Waals surface area contributed by atoms with Crippen molar-refractivity contribution in [2.24, 2.45) is 0 Å². The highest BCUT2D eigenvalue weighted by Crippen LogP contribution is 2.39. The van der Waals surface area contributed by atoms with E-state index in [0.29, 0.717) is 67.8 Å². The van der Waals surface area contributed by atoms with Crippen molar-refractivity contribution < 1.29 is 33.2 Å². The average molecular weight is 581 g/mol. The number of ether oxygens (including phenoxy) is 7. The Hall–Kier alpha value is -4.14. The fourth-order valence-electron chi connectivity index (χ4n) is 3.76. The summed E-state index contributed by atoms with van der Waals surface area (Å²) in [6.07, 6.45) is 0. The molecule has 38 heavy (non-hydrogen) atoms. The van der Waals surface area contributed by atoms with Gasteiger partial charge in [0.1, 0.15) is 5.75 Å². The van der Waals surface area contributed by atoms with E-state index in [1.165, 1.54) is 0 Å². The Balaban J connectivity index is 2.11. The van der Waals surface area contributed by atoms with Crippen molar-refractivity contribution >= 4 is 15.9 Å². The Morgan fingerprint density at radius 3 is 1.08 bits per heavy atom. The Labute approximate surface area is 232 Å². The Kier molecular flexibility index (Phi) is 10.0. The fourth-order valence-corrected chi connectivity index (χ4v) is 4.08. The minimum atomic E-state index is 0.503. The lowest BCUT2D eigenvalue weighted by Gasteiger charge is -2.12. The van der Waals surface area contributed by atoms with Crippen molar-refractivity contribution in [3.05, 3.63) is 64.2 Å². The molecule has 0 aliphatic carbocycles. The molecule has 3 aromatic rings. The number of methoxy groups -OCH3 is 7. The minimum Gasteiger partial charge on any atom is -0.494 e. The number of rotatable bonds is 8. The highest BCUT2D eigenvalue weighted by atomic mass is 79.9. The second-order valence-corrected chi connectivity index (χ2v) is 8.25. The van der Waals surface area contributed by atoms with E-state index in [1.54, 1.807) is 74.0 Å². The number of benzene rings is 3. The summed E-state index contributed by atoms with van der Waals surface area (Å²) in [5.41, 5.74) is 3.75. The molecule has 0 unspecified atom stereocenters. The van der Waals surface area contributed by atoms with E-state index in [4.69, 9.17) is 33.2 Å². The van der Waals surface area contributed by atoms with Gasteiger partial charge in [-0.25, -0.2) is 0 Å². The predicted octanol–water partition coefficient (Wildman–Crippen LogP) is 5.44. The van der Waals surface area contributed by atoms with Crippen LogP contribution in [0.5, 0.6) is 40.2 Å². The van der Waals surface area contributed by atoms with Gasteiger partial charge < -0.3 is 33.2 Å². The van der Waals surface area contributed by atoms with Gasteiger partial charge in [-0.3, -0.25) is 0 Å². The van der Waals surface area contributed by atoms with E-state index in [0.717, 1.165) is 5.56 Å². The summed E-state index contributed by atoms with van der Waals surface area (Å²) in [5.74, 6) is 16.4. The van der Waals surface area contributed by atoms with Crippen LogP contribution in [0.3, 0.4) is 0 Å². The Morgan fingerprint density at radius 1 is 0.474 bits per heavy atom. The second kappa shape index (κ2) is 13.4. The monoisotopic (exact) mass is 580 g/mol. The molecule has 0 saturated heterocycles. The largest absolute Gasteiger partial charge is 0.494 e. The van der Waals surface area contributed by atoms with Gasteiger partial charge in [-0.2, -0.15) is 0 Å². The minimum absolute atomic E-state index is 0.503. The molecule has 3 aromatic carbocycles. The number of hydrogen-bond donors (Lipinski definition) is 0. The van der Waals surface area contributed by atoms with Crippen LogP contribution in [0, 0.1) is 23.7 Å². The lowest BCUT2D eigenvalue weighted by molar-refractivity contribution is 0.324. The molecule has 0 aliphatic heterocycles. The molecule has 198 valence electrons. The van der Waals surface area contributed by atoms with Crippen LogP contribution >= 0.6 is 15.9 Å². The molecule has 0 heterocycles. The van der Waals surface area contributed by atoms with Crippen LogP contribution in [0.2, 0.25) is 0 Å². The average Bonchev–Trinajstić information content (AvgIpc) is 2.96. The van der Waals surface area contributed by atoms with Gasteiger partial charge in [0.05, 0.1) is 60.9 Å². The maximum atomic E-state index is 5.75. The van der Waals surface area contributed by atoms with Crippen LogP contribution in [-0.2, 0) is 5.33 Å². The van der Waals surface area contributed by atoms with Gasteiger partial charge in [-0.05, 0) is 42.0 Å². The molecule has 0 bridgehead atoms. The molecule has 0 spiro atoms. The zero-order valence-corrected chi connectivity index (χ0v) is 24.0. The van der Waals surface area contributed by atoms with E-state index in [1.807, 2.05) is 12.1 Å². The third kappa shape index (κ3) is 6.22. The molecular weight excluding hydrogens is 552 g/mol. The molecule has 7 nitrogen and oxygen atoms in total. The molecule has 8 heteroatoms. The topological polar surface area (TPSA) is 64.6 Å². The van der Waals surface area contributed by atoms with Gasteiger partial charge in [0.25, 0.3) is 0 Å². The van der Waals surface area contributed by atoms with Gasteiger partial charge in [0, 0.05) is 16.5 Å². The van der Waals surface area contributed by atoms with Crippen LogP contribution in [0.15, 0.2) is 36.4 Å². The molecule has 0 amide bonds. The summed E-state index contributed by atoms with van der Waals surface area (Å²) in [7, 11) is 11.0. The summed E-state index contributed by atoms with van der Waals surface area (Å²) in [5, 5.41) is 0.620. The lowest BCUT2D eigenvalue weighted by Crippen LogP contribution is -1.97. The van der Waals surface area contributed by atoms with Crippen LogP contribution in [0.25, 0.3) is 0 Å². The smallest absolute Gasteiger partial charge is 0.203 e. The predicted molar refractivity (Wildman–Crippen MR) is 150 cm³/mol. The van der Waals surface area contributed by atoms with Crippen LogP contribution in [0.4, 0.5) is 0 Å². The first kappa shape index (κ1) is 28.4. The molecule has 0 fully saturated rings. The standard InChI is InChI=1S/C30H29BrO7/c1-32-24-14-19(15-25(33-2)29(24)37-6)8-10-22-12-21(18-31)13-23(28(22)36-5)11-9-20-16-26(34-3)30(38-7)27(17-20)35-4/h12-17H,18H2,1-7H3. The molecule has 0 aromatic heterocycles. The highest BCUT2D eigenvalue weighted by molar-refractivity contribution is 9.08. The van der Waals surface area contributed by atoms with E-state index in [-0.39, 0.29) is 0 Å². The highest BCUT2D eigenvalue weighted by Gasteiger charge is 2.14. The van der Waals surface area contributed by atoms with Crippen molar-refractivity contribution in [2.75, 3.05) is 49.8 Å². The maximum absolute atomic E-state index is 5.75. The van der Waals surface area contributed by atoms with Crippen LogP contribution in [0.1, 0.15) is 27.8 Å². The lowest BCUT2D eigenvalue weighted by atomic mass is 10.0. The molecule has 3 rings (SSSR count). The fraction of sp³-hybridized carbons (Fsp3) is 0.267. The normalized spacial score (nSPS) is 9.79. The van der Waals surface area contributed by atoms with Crippen molar-refractivity contribution in [3.63, 3.8) is 0 Å². The van der Waals surface area contributed by atoms with Gasteiger partial charge >= 0.3 is 0 Å². The van der Waals surface area contributed by atoms with Gasteiger partial charge in [0.2, 0.25) is 11.5 Å². The quantitative estimate of drug-likeness (QED) is 0.259. The SMILES string of the molecule is COc1cc(C#Cc2cc(CBr)cc(C#Cc3cc(OC)c(OC)c(OC)c3)c2OC)cc(OC)c1OC. The second-order valence-electron chi connectivity index (χ2n) is 7.69. The van der Waals surface area contributed by atoms with Crippen LogP contribution in [-0.4, -0.2) is 49.8 Å². The zero-order chi connectivity index (χ0) is 27.7. The van der Waals surface area contributed by atoms with Crippen molar-refractivity contribution in [1.29, 1.82) is 0 Å². The molecule has 0 atom stereocenters. The van der Waals surface area contributed by atoms with Crippen molar-refractivity contribution in [2.45, 2.75) is 5.33 Å². The number of alkyl halides is 1. The van der Waals surface area contributed by atoms with Crippen molar-refractivity contribution in [1.82, 2.24) is 0 Å². The van der Waals surface area contributed by atoms with Gasteiger partial charge in [-0.15, -0.1) is 0 Å². The summed E-state index contributed by atoms with van der Waals surface area (Å²) < 4.78 is 38.3. The summed E-state index contributed by atoms with van der Waals surface area (Å²) in [6.45, 7) is 0.